The van der Waals surface area contributed by atoms with Crippen LogP contribution in [0.15, 0.2) is 11.0 Å². The highest BCUT2D eigenvalue weighted by Gasteiger charge is 2.20. The van der Waals surface area contributed by atoms with E-state index in [-0.39, 0.29) is 16.6 Å². The van der Waals surface area contributed by atoms with Gasteiger partial charge in [0.15, 0.2) is 0 Å². The maximum Gasteiger partial charge on any atom is 0.287 e. The smallest absolute Gasteiger partial charge is 0.287 e. The third-order valence-electron chi connectivity index (χ3n) is 3.81. The number of hydrogen-bond donors (Lipinski definition) is 1. The van der Waals surface area contributed by atoms with Gasteiger partial charge in [0, 0.05) is 6.04 Å². The number of nitrogens with one attached hydrogen (secondary N) is 1. The van der Waals surface area contributed by atoms with Gasteiger partial charge >= 0.3 is 0 Å². The topological polar surface area (TPSA) is 46.9 Å². The predicted octanol–water partition coefficient (Wildman–Crippen LogP) is 3.47. The summed E-state index contributed by atoms with van der Waals surface area (Å²) in [7, 11) is 0. The van der Waals surface area contributed by atoms with Crippen molar-refractivity contribution in [3.63, 3.8) is 0 Å². The quantitative estimate of drug-likeness (QED) is 0.924. The van der Waals surface area contributed by atoms with Crippen LogP contribution in [-0.2, 0) is 0 Å². The number of rotatable bonds is 3. The minimum atomic E-state index is -0.217. The Kier molecular flexibility index (Phi) is 4.50. The molecule has 1 aromatic rings. The number of aromatic nitrogens is 2. The Balaban J connectivity index is 2.13. The molecule has 1 N–H and O–H groups in total. The molecule has 1 saturated carbocycles. The lowest BCUT2D eigenvalue weighted by atomic mass is 9.87. The minimum absolute atomic E-state index is 0.0228. The molecule has 0 aromatic carbocycles. The highest BCUT2D eigenvalue weighted by molar-refractivity contribution is 6.32. The van der Waals surface area contributed by atoms with Crippen LogP contribution in [0.25, 0.3) is 0 Å². The lowest BCUT2D eigenvalue weighted by Gasteiger charge is -2.28. The van der Waals surface area contributed by atoms with E-state index in [1.165, 1.54) is 17.5 Å². The van der Waals surface area contributed by atoms with Crippen LogP contribution < -0.4 is 10.9 Å². The third kappa shape index (κ3) is 3.30. The fraction of sp³-hybridized carbons (Fsp3) is 0.714. The molecular weight excluding hydrogens is 262 g/mol. The molecule has 0 radical (unpaired) electrons. The average molecular weight is 284 g/mol. The molecule has 1 aromatic heterocycles. The second kappa shape index (κ2) is 5.95. The zero-order chi connectivity index (χ0) is 14.0. The average Bonchev–Trinajstić information content (AvgIpc) is 2.37. The summed E-state index contributed by atoms with van der Waals surface area (Å²) in [5.41, 5.74) is 0.453. The third-order valence-corrected chi connectivity index (χ3v) is 4.17. The summed E-state index contributed by atoms with van der Waals surface area (Å²) in [6.45, 7) is 6.12. The second-order valence-electron chi connectivity index (χ2n) is 5.82. The SMILES string of the molecule is CC1CCC(Nc2cnn(C(C)C)c(=O)c2Cl)CC1. The number of anilines is 1. The summed E-state index contributed by atoms with van der Waals surface area (Å²) >= 11 is 6.15. The minimum Gasteiger partial charge on any atom is -0.380 e. The molecule has 0 spiro atoms. The maximum absolute atomic E-state index is 12.1. The van der Waals surface area contributed by atoms with Crippen LogP contribution in [0.4, 0.5) is 5.69 Å². The molecule has 5 heteroatoms. The molecular formula is C14H22ClN3O. The van der Waals surface area contributed by atoms with Gasteiger partial charge in [0.1, 0.15) is 5.02 Å². The van der Waals surface area contributed by atoms with Crippen molar-refractivity contribution in [1.82, 2.24) is 9.78 Å². The zero-order valence-corrected chi connectivity index (χ0v) is 12.6. The van der Waals surface area contributed by atoms with Gasteiger partial charge < -0.3 is 5.32 Å². The molecule has 0 saturated heterocycles. The van der Waals surface area contributed by atoms with Crippen LogP contribution in [0, 0.1) is 5.92 Å². The molecule has 2 rings (SSSR count). The summed E-state index contributed by atoms with van der Waals surface area (Å²) < 4.78 is 1.41. The van der Waals surface area contributed by atoms with Gasteiger partial charge in [-0.25, -0.2) is 4.68 Å². The lowest BCUT2D eigenvalue weighted by Crippen LogP contribution is -2.29. The first-order valence-corrected chi connectivity index (χ1v) is 7.40. The van der Waals surface area contributed by atoms with Crippen LogP contribution >= 0.6 is 11.6 Å². The number of hydrogen-bond acceptors (Lipinski definition) is 3. The molecule has 0 amide bonds. The van der Waals surface area contributed by atoms with Crippen molar-refractivity contribution in [2.75, 3.05) is 5.32 Å². The van der Waals surface area contributed by atoms with E-state index in [0.717, 1.165) is 18.8 Å². The summed E-state index contributed by atoms with van der Waals surface area (Å²) in [5, 5.41) is 7.80. The standard InChI is InChI=1S/C14H22ClN3O/c1-9(2)18-14(19)13(15)12(8-16-18)17-11-6-4-10(3)5-7-11/h8-11,17H,4-7H2,1-3H3. The molecule has 19 heavy (non-hydrogen) atoms. The van der Waals surface area contributed by atoms with E-state index in [2.05, 4.69) is 17.3 Å². The van der Waals surface area contributed by atoms with Gasteiger partial charge in [-0.2, -0.15) is 5.10 Å². The fourth-order valence-corrected chi connectivity index (χ4v) is 2.73. The van der Waals surface area contributed by atoms with Crippen molar-refractivity contribution in [1.29, 1.82) is 0 Å². The summed E-state index contributed by atoms with van der Waals surface area (Å²) in [6, 6.07) is 0.430. The molecule has 1 aliphatic rings. The van der Waals surface area contributed by atoms with Crippen LogP contribution in [0.3, 0.4) is 0 Å². The summed E-state index contributed by atoms with van der Waals surface area (Å²) in [5.74, 6) is 0.806. The van der Waals surface area contributed by atoms with Gasteiger partial charge in [-0.3, -0.25) is 4.79 Å². The van der Waals surface area contributed by atoms with E-state index in [1.807, 2.05) is 13.8 Å². The first-order chi connectivity index (χ1) is 8.99. The molecule has 1 aliphatic carbocycles. The number of nitrogens with zero attached hydrogens (tertiary/aromatic N) is 2. The Bertz CT molecular complexity index is 490. The van der Waals surface area contributed by atoms with Crippen molar-refractivity contribution >= 4 is 17.3 Å². The lowest BCUT2D eigenvalue weighted by molar-refractivity contribution is 0.361. The fourth-order valence-electron chi connectivity index (χ4n) is 2.54. The number of halogens is 1. The van der Waals surface area contributed by atoms with Crippen LogP contribution in [0.1, 0.15) is 52.5 Å². The van der Waals surface area contributed by atoms with Gasteiger partial charge in [0.2, 0.25) is 0 Å². The molecule has 0 bridgehead atoms. The summed E-state index contributed by atoms with van der Waals surface area (Å²) in [4.78, 5) is 12.1. The van der Waals surface area contributed by atoms with Crippen LogP contribution in [0.5, 0.6) is 0 Å². The maximum atomic E-state index is 12.1. The van der Waals surface area contributed by atoms with Gasteiger partial charge in [-0.05, 0) is 45.4 Å². The van der Waals surface area contributed by atoms with E-state index in [4.69, 9.17) is 11.6 Å². The van der Waals surface area contributed by atoms with Crippen molar-refractivity contribution in [3.8, 4) is 0 Å². The normalized spacial score (nSPS) is 23.6. The van der Waals surface area contributed by atoms with Gasteiger partial charge in [0.25, 0.3) is 5.56 Å². The van der Waals surface area contributed by atoms with Crippen molar-refractivity contribution < 1.29 is 0 Å². The largest absolute Gasteiger partial charge is 0.380 e. The molecule has 106 valence electrons. The van der Waals surface area contributed by atoms with Gasteiger partial charge in [0.05, 0.1) is 17.9 Å². The van der Waals surface area contributed by atoms with Crippen molar-refractivity contribution in [2.24, 2.45) is 5.92 Å². The Labute approximate surface area is 119 Å². The van der Waals surface area contributed by atoms with Crippen molar-refractivity contribution in [3.05, 3.63) is 21.6 Å². The monoisotopic (exact) mass is 283 g/mol. The molecule has 0 aliphatic heterocycles. The predicted molar refractivity (Wildman–Crippen MR) is 78.9 cm³/mol. The summed E-state index contributed by atoms with van der Waals surface area (Å²) in [6.07, 6.45) is 6.38. The van der Waals surface area contributed by atoms with E-state index >= 15 is 0 Å². The van der Waals surface area contributed by atoms with Crippen LogP contribution in [0.2, 0.25) is 5.02 Å². The Morgan fingerprint density at radius 1 is 1.37 bits per heavy atom. The molecule has 0 unspecified atom stereocenters. The van der Waals surface area contributed by atoms with Gasteiger partial charge in [-0.15, -0.1) is 0 Å². The van der Waals surface area contributed by atoms with E-state index in [1.54, 1.807) is 6.20 Å². The van der Waals surface area contributed by atoms with E-state index in [9.17, 15) is 4.79 Å². The Morgan fingerprint density at radius 2 is 2.00 bits per heavy atom. The molecule has 1 fully saturated rings. The highest BCUT2D eigenvalue weighted by Crippen LogP contribution is 2.27. The van der Waals surface area contributed by atoms with Crippen LogP contribution in [-0.4, -0.2) is 15.8 Å². The first kappa shape index (κ1) is 14.4. The van der Waals surface area contributed by atoms with E-state index in [0.29, 0.717) is 11.7 Å². The van der Waals surface area contributed by atoms with Crippen molar-refractivity contribution in [2.45, 2.75) is 58.5 Å². The second-order valence-corrected chi connectivity index (χ2v) is 6.19. The Morgan fingerprint density at radius 3 is 2.58 bits per heavy atom. The molecule has 1 heterocycles. The zero-order valence-electron chi connectivity index (χ0n) is 11.8. The molecule has 4 nitrogen and oxygen atoms in total. The first-order valence-electron chi connectivity index (χ1n) is 7.03. The highest BCUT2D eigenvalue weighted by atomic mass is 35.5. The van der Waals surface area contributed by atoms with E-state index < -0.39 is 0 Å². The van der Waals surface area contributed by atoms with Gasteiger partial charge in [-0.1, -0.05) is 18.5 Å². The Hall–Kier alpha value is -1.03. The molecule has 0 atom stereocenters.